The summed E-state index contributed by atoms with van der Waals surface area (Å²) >= 11 is 13.5. The van der Waals surface area contributed by atoms with E-state index in [1.54, 1.807) is 11.3 Å². The van der Waals surface area contributed by atoms with Crippen LogP contribution in [0.2, 0.25) is 5.02 Å². The van der Waals surface area contributed by atoms with Crippen LogP contribution in [0, 0.1) is 4.77 Å². The normalized spacial score (nSPS) is 16.2. The van der Waals surface area contributed by atoms with E-state index < -0.39 is 0 Å². The third kappa shape index (κ3) is 4.94. The van der Waals surface area contributed by atoms with Gasteiger partial charge in [-0.3, -0.25) is 9.36 Å². The van der Waals surface area contributed by atoms with E-state index in [4.69, 9.17) is 28.9 Å². The van der Waals surface area contributed by atoms with Crippen LogP contribution in [0.25, 0.3) is 11.4 Å². The molecule has 1 aliphatic rings. The molecular weight excluding hydrogens is 448 g/mol. The van der Waals surface area contributed by atoms with Crippen LogP contribution in [0.4, 0.5) is 0 Å². The highest BCUT2D eigenvalue weighted by atomic mass is 35.5. The molecule has 8 heteroatoms. The maximum Gasteiger partial charge on any atom is 0.224 e. The Labute approximate surface area is 197 Å². The molecule has 2 aromatic heterocycles. The van der Waals surface area contributed by atoms with E-state index in [1.807, 2.05) is 33.8 Å². The fourth-order valence-corrected chi connectivity index (χ4v) is 5.28. The summed E-state index contributed by atoms with van der Waals surface area (Å²) in [6.45, 7) is 4.29. The number of aromatic nitrogens is 3. The number of unbranched alkanes of at least 4 members (excludes halogenated alkanes) is 1. The van der Waals surface area contributed by atoms with E-state index in [0.29, 0.717) is 22.8 Å². The van der Waals surface area contributed by atoms with E-state index in [1.165, 1.54) is 5.56 Å². The molecule has 164 valence electrons. The van der Waals surface area contributed by atoms with Crippen LogP contribution in [0.1, 0.15) is 50.6 Å². The number of thiophene rings is 1. The van der Waals surface area contributed by atoms with Crippen LogP contribution in [0.5, 0.6) is 0 Å². The van der Waals surface area contributed by atoms with Gasteiger partial charge in [-0.2, -0.15) is 16.4 Å². The average molecular weight is 475 g/mol. The van der Waals surface area contributed by atoms with E-state index in [-0.39, 0.29) is 11.9 Å². The Bertz CT molecular complexity index is 1070. The Kier molecular flexibility index (Phi) is 7.25. The van der Waals surface area contributed by atoms with Crippen LogP contribution in [-0.2, 0) is 17.9 Å². The van der Waals surface area contributed by atoms with E-state index in [0.717, 1.165) is 50.2 Å². The molecule has 0 saturated carbocycles. The molecule has 1 aliphatic heterocycles. The molecule has 1 fully saturated rings. The second kappa shape index (κ2) is 10.1. The standard InChI is InChI=1S/C23H27ClN4OS2/c1-2-3-12-27-22(17-6-8-19(24)9-7-17)25-28(23(27)30)14-10-21(29)26-13-4-5-20(26)18-11-15-31-16-18/h6-9,11,15-16,20H,2-5,10,12-14H2,1H3. The van der Waals surface area contributed by atoms with Gasteiger partial charge in [0, 0.05) is 30.1 Å². The minimum absolute atomic E-state index is 0.173. The Morgan fingerprint density at radius 3 is 2.77 bits per heavy atom. The lowest BCUT2D eigenvalue weighted by molar-refractivity contribution is -0.132. The fourth-order valence-electron chi connectivity index (χ4n) is 4.14. The van der Waals surface area contributed by atoms with Gasteiger partial charge in [-0.05, 0) is 78.1 Å². The molecule has 1 unspecified atom stereocenters. The number of benzene rings is 1. The van der Waals surface area contributed by atoms with Crippen molar-refractivity contribution in [2.75, 3.05) is 6.54 Å². The smallest absolute Gasteiger partial charge is 0.224 e. The van der Waals surface area contributed by atoms with Crippen molar-refractivity contribution in [2.45, 2.75) is 58.2 Å². The first-order valence-corrected chi connectivity index (χ1v) is 12.6. The molecule has 3 aromatic rings. The Balaban J connectivity index is 1.52. The molecule has 0 N–H and O–H groups in total. The molecule has 3 heterocycles. The zero-order valence-electron chi connectivity index (χ0n) is 17.7. The maximum absolute atomic E-state index is 13.0. The summed E-state index contributed by atoms with van der Waals surface area (Å²) in [5.41, 5.74) is 2.23. The van der Waals surface area contributed by atoms with Crippen molar-refractivity contribution in [2.24, 2.45) is 0 Å². The number of aryl methyl sites for hydroxylation is 1. The fraction of sp³-hybridized carbons (Fsp3) is 0.435. The highest BCUT2D eigenvalue weighted by Gasteiger charge is 2.30. The summed E-state index contributed by atoms with van der Waals surface area (Å²) in [6.07, 6.45) is 4.59. The lowest BCUT2D eigenvalue weighted by atomic mass is 10.1. The Morgan fingerprint density at radius 2 is 2.06 bits per heavy atom. The van der Waals surface area contributed by atoms with E-state index in [9.17, 15) is 4.79 Å². The topological polar surface area (TPSA) is 43.1 Å². The maximum atomic E-state index is 13.0. The highest BCUT2D eigenvalue weighted by molar-refractivity contribution is 7.71. The highest BCUT2D eigenvalue weighted by Crippen LogP contribution is 2.33. The number of nitrogens with zero attached hydrogens (tertiary/aromatic N) is 4. The molecule has 1 amide bonds. The summed E-state index contributed by atoms with van der Waals surface area (Å²) in [6, 6.07) is 10.00. The minimum atomic E-state index is 0.173. The first-order chi connectivity index (χ1) is 15.1. The number of carbonyl (C=O) groups excluding carboxylic acids is 1. The predicted octanol–water partition coefficient (Wildman–Crippen LogP) is 6.35. The van der Waals surface area contributed by atoms with Crippen molar-refractivity contribution in [1.82, 2.24) is 19.2 Å². The van der Waals surface area contributed by atoms with Crippen molar-refractivity contribution in [3.8, 4) is 11.4 Å². The van der Waals surface area contributed by atoms with Gasteiger partial charge in [-0.1, -0.05) is 24.9 Å². The van der Waals surface area contributed by atoms with Crippen LogP contribution < -0.4 is 0 Å². The van der Waals surface area contributed by atoms with Gasteiger partial charge in [0.15, 0.2) is 10.6 Å². The van der Waals surface area contributed by atoms with Gasteiger partial charge in [0.2, 0.25) is 5.91 Å². The monoisotopic (exact) mass is 474 g/mol. The second-order valence-electron chi connectivity index (χ2n) is 7.89. The van der Waals surface area contributed by atoms with Gasteiger partial charge in [0.25, 0.3) is 0 Å². The lowest BCUT2D eigenvalue weighted by Gasteiger charge is -2.24. The van der Waals surface area contributed by atoms with Crippen LogP contribution in [0.3, 0.4) is 0 Å². The molecule has 0 radical (unpaired) electrons. The summed E-state index contributed by atoms with van der Waals surface area (Å²) in [7, 11) is 0. The second-order valence-corrected chi connectivity index (χ2v) is 9.47. The largest absolute Gasteiger partial charge is 0.336 e. The average Bonchev–Trinajstić information content (AvgIpc) is 3.52. The van der Waals surface area contributed by atoms with Gasteiger partial charge in [-0.25, -0.2) is 4.68 Å². The molecule has 1 atom stereocenters. The quantitative estimate of drug-likeness (QED) is 0.357. The van der Waals surface area contributed by atoms with Gasteiger partial charge in [-0.15, -0.1) is 0 Å². The molecule has 1 saturated heterocycles. The molecule has 1 aromatic carbocycles. The van der Waals surface area contributed by atoms with Crippen molar-refractivity contribution >= 4 is 41.1 Å². The number of likely N-dealkylation sites (tertiary alicyclic amines) is 1. The number of hydrogen-bond acceptors (Lipinski definition) is 4. The number of halogens is 1. The molecule has 0 aliphatic carbocycles. The zero-order chi connectivity index (χ0) is 21.8. The molecular formula is C23H27ClN4OS2. The Morgan fingerprint density at radius 1 is 1.26 bits per heavy atom. The van der Waals surface area contributed by atoms with Crippen molar-refractivity contribution in [3.05, 3.63) is 56.4 Å². The van der Waals surface area contributed by atoms with E-state index >= 15 is 0 Å². The van der Waals surface area contributed by atoms with Crippen LogP contribution >= 0.6 is 35.2 Å². The zero-order valence-corrected chi connectivity index (χ0v) is 20.1. The minimum Gasteiger partial charge on any atom is -0.336 e. The Hall–Kier alpha value is -1.96. The summed E-state index contributed by atoms with van der Waals surface area (Å²) < 4.78 is 4.56. The van der Waals surface area contributed by atoms with Crippen LogP contribution in [-0.4, -0.2) is 31.7 Å². The van der Waals surface area contributed by atoms with Crippen molar-refractivity contribution < 1.29 is 4.79 Å². The lowest BCUT2D eigenvalue weighted by Crippen LogP contribution is -2.31. The van der Waals surface area contributed by atoms with Gasteiger partial charge < -0.3 is 4.90 Å². The van der Waals surface area contributed by atoms with Gasteiger partial charge in [0.1, 0.15) is 0 Å². The molecule has 31 heavy (non-hydrogen) atoms. The van der Waals surface area contributed by atoms with Gasteiger partial charge in [0.05, 0.1) is 12.6 Å². The number of hydrogen-bond donors (Lipinski definition) is 0. The number of rotatable bonds is 8. The van der Waals surface area contributed by atoms with E-state index in [2.05, 4.69) is 28.3 Å². The third-order valence-electron chi connectivity index (χ3n) is 5.80. The first kappa shape index (κ1) is 22.2. The number of amides is 1. The van der Waals surface area contributed by atoms with Crippen LogP contribution in [0.15, 0.2) is 41.1 Å². The summed E-state index contributed by atoms with van der Waals surface area (Å²) in [5.74, 6) is 1.01. The SMILES string of the molecule is CCCCn1c(-c2ccc(Cl)cc2)nn(CCC(=O)N2CCCC2c2ccsc2)c1=S. The first-order valence-electron chi connectivity index (χ1n) is 10.8. The molecule has 0 spiro atoms. The summed E-state index contributed by atoms with van der Waals surface area (Å²) in [4.78, 5) is 15.1. The van der Waals surface area contributed by atoms with Crippen molar-refractivity contribution in [3.63, 3.8) is 0 Å². The molecule has 4 rings (SSSR count). The van der Waals surface area contributed by atoms with Gasteiger partial charge >= 0.3 is 0 Å². The summed E-state index contributed by atoms with van der Waals surface area (Å²) in [5, 5.41) is 9.72. The molecule has 0 bridgehead atoms. The number of carbonyl (C=O) groups is 1. The predicted molar refractivity (Wildman–Crippen MR) is 129 cm³/mol. The van der Waals surface area contributed by atoms with Crippen molar-refractivity contribution in [1.29, 1.82) is 0 Å². The third-order valence-corrected chi connectivity index (χ3v) is 7.18. The molecule has 5 nitrogen and oxygen atoms in total.